The van der Waals surface area contributed by atoms with Crippen molar-refractivity contribution < 1.29 is 13.9 Å². The Morgan fingerprint density at radius 2 is 1.87 bits per heavy atom. The maximum Gasteiger partial charge on any atom is 0.290 e. The number of nitrogens with zero attached hydrogens (tertiary/aromatic N) is 1. The van der Waals surface area contributed by atoms with Crippen LogP contribution in [-0.4, -0.2) is 31.1 Å². The second-order valence-electron chi connectivity index (χ2n) is 7.55. The highest BCUT2D eigenvalue weighted by molar-refractivity contribution is 6.42. The van der Waals surface area contributed by atoms with Crippen molar-refractivity contribution in [2.24, 2.45) is 0 Å². The molecule has 0 fully saturated rings. The minimum atomic E-state index is -0.597. The summed E-state index contributed by atoms with van der Waals surface area (Å²) in [6.45, 7) is 4.71. The monoisotopic (exact) mass is 445 g/mol. The van der Waals surface area contributed by atoms with E-state index < -0.39 is 6.04 Å². The minimum Gasteiger partial charge on any atom is -0.450 e. The minimum absolute atomic E-state index is 0.0889. The molecule has 4 rings (SSSR count). The average molecular weight is 446 g/mol. The van der Waals surface area contributed by atoms with Crippen molar-refractivity contribution >= 4 is 40.1 Å². The molecule has 1 aromatic heterocycles. The van der Waals surface area contributed by atoms with Crippen molar-refractivity contribution in [3.63, 3.8) is 0 Å². The van der Waals surface area contributed by atoms with E-state index in [9.17, 15) is 9.59 Å². The van der Waals surface area contributed by atoms with Gasteiger partial charge in [0.25, 0.3) is 5.91 Å². The van der Waals surface area contributed by atoms with Crippen LogP contribution in [0.1, 0.15) is 45.3 Å². The number of carbonyl (C=O) groups is 1. The van der Waals surface area contributed by atoms with Crippen LogP contribution in [0.4, 0.5) is 0 Å². The van der Waals surface area contributed by atoms with Crippen molar-refractivity contribution in [1.29, 1.82) is 0 Å². The zero-order chi connectivity index (χ0) is 21.6. The third kappa shape index (κ3) is 3.41. The highest BCUT2D eigenvalue weighted by Crippen LogP contribution is 2.40. The number of hydrogen-bond acceptors (Lipinski definition) is 4. The van der Waals surface area contributed by atoms with E-state index in [1.54, 1.807) is 36.3 Å². The van der Waals surface area contributed by atoms with Gasteiger partial charge in [-0.25, -0.2) is 0 Å². The lowest BCUT2D eigenvalue weighted by Gasteiger charge is -2.25. The molecule has 1 amide bonds. The summed E-state index contributed by atoms with van der Waals surface area (Å²) in [4.78, 5) is 28.5. The van der Waals surface area contributed by atoms with Crippen LogP contribution in [-0.2, 0) is 4.74 Å². The number of carbonyl (C=O) groups excluding carboxylic acids is 1. The molecule has 0 N–H and O–H groups in total. The first-order valence-electron chi connectivity index (χ1n) is 9.66. The Labute approximate surface area is 184 Å². The summed E-state index contributed by atoms with van der Waals surface area (Å²) >= 11 is 12.3. The third-order valence-corrected chi connectivity index (χ3v) is 6.16. The molecule has 1 unspecified atom stereocenters. The lowest BCUT2D eigenvalue weighted by molar-refractivity contribution is 0.0708. The molecule has 30 heavy (non-hydrogen) atoms. The molecule has 1 aliphatic rings. The number of aryl methyl sites for hydroxylation is 2. The van der Waals surface area contributed by atoms with Crippen molar-refractivity contribution in [1.82, 2.24) is 4.90 Å². The van der Waals surface area contributed by atoms with Crippen molar-refractivity contribution in [3.05, 3.63) is 78.6 Å². The van der Waals surface area contributed by atoms with E-state index in [-0.39, 0.29) is 17.1 Å². The van der Waals surface area contributed by atoms with Gasteiger partial charge in [-0.2, -0.15) is 0 Å². The van der Waals surface area contributed by atoms with Gasteiger partial charge < -0.3 is 14.1 Å². The maximum absolute atomic E-state index is 13.6. The van der Waals surface area contributed by atoms with Gasteiger partial charge in [0.2, 0.25) is 5.76 Å². The third-order valence-electron chi connectivity index (χ3n) is 5.42. The molecule has 0 aliphatic carbocycles. The number of amides is 1. The van der Waals surface area contributed by atoms with Crippen molar-refractivity contribution in [3.8, 4) is 0 Å². The van der Waals surface area contributed by atoms with Gasteiger partial charge in [0.1, 0.15) is 5.58 Å². The highest BCUT2D eigenvalue weighted by Gasteiger charge is 2.42. The van der Waals surface area contributed by atoms with Gasteiger partial charge >= 0.3 is 0 Å². The zero-order valence-electron chi connectivity index (χ0n) is 16.9. The van der Waals surface area contributed by atoms with E-state index in [0.717, 1.165) is 11.1 Å². The first-order valence-corrected chi connectivity index (χ1v) is 10.4. The van der Waals surface area contributed by atoms with Crippen LogP contribution >= 0.6 is 23.2 Å². The smallest absolute Gasteiger partial charge is 0.290 e. The summed E-state index contributed by atoms with van der Waals surface area (Å²) in [6.07, 6.45) is 0.625. The van der Waals surface area contributed by atoms with Crippen LogP contribution < -0.4 is 5.43 Å². The highest BCUT2D eigenvalue weighted by atomic mass is 35.5. The van der Waals surface area contributed by atoms with Crippen molar-refractivity contribution in [2.75, 3.05) is 20.3 Å². The van der Waals surface area contributed by atoms with E-state index in [1.165, 1.54) is 0 Å². The van der Waals surface area contributed by atoms with E-state index in [0.29, 0.717) is 51.7 Å². The molecule has 0 saturated carbocycles. The number of halogens is 2. The predicted molar refractivity (Wildman–Crippen MR) is 118 cm³/mol. The van der Waals surface area contributed by atoms with Gasteiger partial charge in [0.15, 0.2) is 5.43 Å². The summed E-state index contributed by atoms with van der Waals surface area (Å²) in [5.74, 6) is -0.221. The van der Waals surface area contributed by atoms with E-state index in [2.05, 4.69) is 0 Å². The van der Waals surface area contributed by atoms with E-state index >= 15 is 0 Å². The van der Waals surface area contributed by atoms with Crippen LogP contribution in [0.3, 0.4) is 0 Å². The average Bonchev–Trinajstić information content (AvgIpc) is 2.96. The van der Waals surface area contributed by atoms with E-state index in [4.69, 9.17) is 32.4 Å². The fourth-order valence-electron chi connectivity index (χ4n) is 4.15. The summed E-state index contributed by atoms with van der Waals surface area (Å²) in [5, 5.41) is 1.27. The summed E-state index contributed by atoms with van der Waals surface area (Å²) < 4.78 is 11.2. The molecule has 2 heterocycles. The van der Waals surface area contributed by atoms with Crippen molar-refractivity contribution in [2.45, 2.75) is 26.3 Å². The molecular weight excluding hydrogens is 425 g/mol. The zero-order valence-corrected chi connectivity index (χ0v) is 18.4. The Morgan fingerprint density at radius 3 is 2.57 bits per heavy atom. The van der Waals surface area contributed by atoms with Gasteiger partial charge in [0, 0.05) is 20.3 Å². The molecule has 7 heteroatoms. The van der Waals surface area contributed by atoms with Gasteiger partial charge in [-0.15, -0.1) is 0 Å². The Hall–Kier alpha value is -2.34. The lowest BCUT2D eigenvalue weighted by atomic mass is 9.97. The van der Waals surface area contributed by atoms with Gasteiger partial charge in [-0.05, 0) is 55.2 Å². The summed E-state index contributed by atoms with van der Waals surface area (Å²) in [5.41, 5.74) is 3.07. The summed E-state index contributed by atoms with van der Waals surface area (Å²) in [6, 6.07) is 8.29. The molecule has 0 bridgehead atoms. The van der Waals surface area contributed by atoms with Gasteiger partial charge in [-0.1, -0.05) is 35.3 Å². The number of ether oxygens (including phenoxy) is 1. The van der Waals surface area contributed by atoms with Crippen LogP contribution in [0.15, 0.2) is 39.5 Å². The normalized spacial score (nSPS) is 15.8. The quantitative estimate of drug-likeness (QED) is 0.500. The molecule has 0 saturated heterocycles. The summed E-state index contributed by atoms with van der Waals surface area (Å²) in [7, 11) is 1.61. The first kappa shape index (κ1) is 20.9. The molecule has 1 atom stereocenters. The number of fused-ring (bicyclic) bond motifs is 2. The Kier molecular flexibility index (Phi) is 5.62. The largest absolute Gasteiger partial charge is 0.450 e. The predicted octanol–water partition coefficient (Wildman–Crippen LogP) is 5.30. The molecule has 2 aromatic carbocycles. The molecule has 0 spiro atoms. The molecular formula is C23H21Cl2NO4. The molecule has 5 nitrogen and oxygen atoms in total. The van der Waals surface area contributed by atoms with Crippen LogP contribution in [0.5, 0.6) is 0 Å². The Morgan fingerprint density at radius 1 is 1.10 bits per heavy atom. The van der Waals surface area contributed by atoms with Crippen LogP contribution in [0.25, 0.3) is 11.0 Å². The topological polar surface area (TPSA) is 59.8 Å². The number of rotatable bonds is 5. The SMILES string of the molecule is COCCCN1C(=O)c2oc3cc(C)cc(C)c3c(=O)c2C1c1ccc(Cl)c(Cl)c1. The van der Waals surface area contributed by atoms with Crippen LogP contribution in [0.2, 0.25) is 10.0 Å². The van der Waals surface area contributed by atoms with Crippen LogP contribution in [0, 0.1) is 13.8 Å². The fraction of sp³-hybridized carbons (Fsp3) is 0.304. The Balaban J connectivity index is 1.96. The number of hydrogen-bond donors (Lipinski definition) is 0. The first-order chi connectivity index (χ1) is 14.3. The standard InChI is InChI=1S/C23H21Cl2NO4/c1-12-9-13(2)18-17(10-12)30-22-19(21(18)27)20(14-5-6-15(24)16(25)11-14)26(23(22)28)7-4-8-29-3/h5-6,9-11,20H,4,7-8H2,1-3H3. The second-order valence-corrected chi connectivity index (χ2v) is 8.36. The lowest BCUT2D eigenvalue weighted by Crippen LogP contribution is -2.31. The fourth-order valence-corrected chi connectivity index (χ4v) is 4.46. The van der Waals surface area contributed by atoms with E-state index in [1.807, 2.05) is 19.9 Å². The molecule has 0 radical (unpaired) electrons. The van der Waals surface area contributed by atoms with Gasteiger partial charge in [-0.3, -0.25) is 9.59 Å². The Bertz CT molecular complexity index is 1220. The number of methoxy groups -OCH3 is 1. The second kappa shape index (κ2) is 8.06. The maximum atomic E-state index is 13.6. The molecule has 3 aromatic rings. The molecule has 156 valence electrons. The molecule has 1 aliphatic heterocycles. The number of benzene rings is 2. The van der Waals surface area contributed by atoms with Gasteiger partial charge in [0.05, 0.1) is 27.0 Å².